The van der Waals surface area contributed by atoms with Crippen molar-refractivity contribution in [3.63, 3.8) is 0 Å². The number of benzene rings is 1. The molecule has 0 saturated heterocycles. The van der Waals surface area contributed by atoms with Crippen molar-refractivity contribution in [2.24, 2.45) is 0 Å². The van der Waals surface area contributed by atoms with E-state index in [9.17, 15) is 8.78 Å². The molecule has 0 atom stereocenters. The number of pyridine rings is 1. The molecule has 1 N–H and O–H groups in total. The largest absolute Gasteiger partial charge is 0.379 e. The first kappa shape index (κ1) is 10.5. The molecule has 2 rings (SSSR count). The van der Waals surface area contributed by atoms with Crippen molar-refractivity contribution >= 4 is 5.69 Å². The third-order valence-electron chi connectivity index (χ3n) is 2.18. The lowest BCUT2D eigenvalue weighted by Gasteiger charge is -2.07. The summed E-state index contributed by atoms with van der Waals surface area (Å²) < 4.78 is 26.1. The second-order valence-electron chi connectivity index (χ2n) is 3.31. The predicted molar refractivity (Wildman–Crippen MR) is 57.9 cm³/mol. The zero-order valence-corrected chi connectivity index (χ0v) is 8.45. The van der Waals surface area contributed by atoms with Gasteiger partial charge in [-0.1, -0.05) is 6.07 Å². The molecule has 4 heteroatoms. The smallest absolute Gasteiger partial charge is 0.181 e. The zero-order valence-electron chi connectivity index (χ0n) is 8.45. The number of hydrogen-bond donors (Lipinski definition) is 1. The van der Waals surface area contributed by atoms with E-state index in [1.165, 1.54) is 12.1 Å². The minimum absolute atomic E-state index is 0.164. The van der Waals surface area contributed by atoms with Gasteiger partial charge in [-0.25, -0.2) is 8.78 Å². The molecule has 1 aromatic carbocycles. The van der Waals surface area contributed by atoms with E-state index < -0.39 is 11.6 Å². The highest BCUT2D eigenvalue weighted by Crippen LogP contribution is 2.17. The fourth-order valence-corrected chi connectivity index (χ4v) is 1.34. The van der Waals surface area contributed by atoms with Gasteiger partial charge >= 0.3 is 0 Å². The van der Waals surface area contributed by atoms with E-state index in [1.54, 1.807) is 12.4 Å². The molecule has 0 aliphatic rings. The van der Waals surface area contributed by atoms with E-state index in [4.69, 9.17) is 0 Å². The van der Waals surface area contributed by atoms with Gasteiger partial charge in [0.15, 0.2) is 11.6 Å². The van der Waals surface area contributed by atoms with Gasteiger partial charge in [0.05, 0.1) is 5.69 Å². The first-order valence-corrected chi connectivity index (χ1v) is 4.84. The quantitative estimate of drug-likeness (QED) is 0.860. The Balaban J connectivity index is 2.08. The number of nitrogens with one attached hydrogen (secondary N) is 1. The molecule has 16 heavy (non-hydrogen) atoms. The average Bonchev–Trinajstić information content (AvgIpc) is 2.32. The summed E-state index contributed by atoms with van der Waals surface area (Å²) in [7, 11) is 0. The Morgan fingerprint density at radius 2 is 1.81 bits per heavy atom. The number of aromatic nitrogens is 1. The number of anilines is 1. The Morgan fingerprint density at radius 1 is 1.06 bits per heavy atom. The monoisotopic (exact) mass is 220 g/mol. The van der Waals surface area contributed by atoms with Crippen molar-refractivity contribution in [1.29, 1.82) is 0 Å². The summed E-state index contributed by atoms with van der Waals surface area (Å²) in [5.41, 5.74) is 1.12. The first-order chi connectivity index (χ1) is 7.77. The third-order valence-corrected chi connectivity index (χ3v) is 2.18. The summed E-state index contributed by atoms with van der Waals surface area (Å²) in [4.78, 5) is 3.87. The summed E-state index contributed by atoms with van der Waals surface area (Å²) in [6.07, 6.45) is 3.30. The minimum atomic E-state index is -0.850. The third kappa shape index (κ3) is 2.34. The molecule has 0 bridgehead atoms. The van der Waals surface area contributed by atoms with Crippen LogP contribution in [0.15, 0.2) is 42.7 Å². The Kier molecular flexibility index (Phi) is 3.10. The molecule has 0 saturated carbocycles. The highest BCUT2D eigenvalue weighted by molar-refractivity contribution is 5.45. The van der Waals surface area contributed by atoms with Crippen LogP contribution in [-0.4, -0.2) is 4.98 Å². The molecule has 0 aliphatic heterocycles. The lowest BCUT2D eigenvalue weighted by Crippen LogP contribution is -2.02. The van der Waals surface area contributed by atoms with Crippen LogP contribution in [0.3, 0.4) is 0 Å². The van der Waals surface area contributed by atoms with Gasteiger partial charge in [-0.05, 0) is 29.8 Å². The van der Waals surface area contributed by atoms with Crippen LogP contribution in [0, 0.1) is 11.6 Å². The maximum Gasteiger partial charge on any atom is 0.181 e. The van der Waals surface area contributed by atoms with Gasteiger partial charge in [0.1, 0.15) is 0 Å². The molecule has 2 aromatic rings. The number of nitrogens with zero attached hydrogens (tertiary/aromatic N) is 1. The molecule has 0 spiro atoms. The van der Waals surface area contributed by atoms with E-state index in [2.05, 4.69) is 10.3 Å². The maximum atomic E-state index is 13.3. The fraction of sp³-hybridized carbons (Fsp3) is 0.0833. The Labute approximate surface area is 92.0 Å². The molecule has 1 heterocycles. The van der Waals surface area contributed by atoms with E-state index in [-0.39, 0.29) is 5.69 Å². The first-order valence-electron chi connectivity index (χ1n) is 4.84. The van der Waals surface area contributed by atoms with E-state index in [0.717, 1.165) is 11.6 Å². The van der Waals surface area contributed by atoms with Gasteiger partial charge in [0, 0.05) is 18.9 Å². The van der Waals surface area contributed by atoms with Crippen LogP contribution in [0.2, 0.25) is 0 Å². The number of halogens is 2. The fourth-order valence-electron chi connectivity index (χ4n) is 1.34. The lowest BCUT2D eigenvalue weighted by molar-refractivity contribution is 0.511. The molecule has 0 radical (unpaired) electrons. The summed E-state index contributed by atoms with van der Waals surface area (Å²) >= 11 is 0. The SMILES string of the molecule is Fc1cccc(NCc2ccncc2)c1F. The van der Waals surface area contributed by atoms with Crippen LogP contribution in [-0.2, 0) is 6.54 Å². The molecule has 2 nitrogen and oxygen atoms in total. The van der Waals surface area contributed by atoms with E-state index >= 15 is 0 Å². The molecule has 0 aliphatic carbocycles. The summed E-state index contributed by atoms with van der Waals surface area (Å²) in [6.45, 7) is 0.433. The highest BCUT2D eigenvalue weighted by Gasteiger charge is 2.06. The Bertz CT molecular complexity index is 472. The normalized spacial score (nSPS) is 10.1. The predicted octanol–water partition coefficient (Wildman–Crippen LogP) is 2.97. The van der Waals surface area contributed by atoms with Crippen LogP contribution in [0.1, 0.15) is 5.56 Å². The van der Waals surface area contributed by atoms with Gasteiger partial charge in [-0.15, -0.1) is 0 Å². The average molecular weight is 220 g/mol. The van der Waals surface area contributed by atoms with Crippen LogP contribution in [0.5, 0.6) is 0 Å². The molecular formula is C12H10F2N2. The molecule has 0 amide bonds. The molecule has 0 unspecified atom stereocenters. The van der Waals surface area contributed by atoms with E-state index in [0.29, 0.717) is 6.54 Å². The minimum Gasteiger partial charge on any atom is -0.379 e. The topological polar surface area (TPSA) is 24.9 Å². The van der Waals surface area contributed by atoms with Gasteiger partial charge in [-0.3, -0.25) is 4.98 Å². The maximum absolute atomic E-state index is 13.3. The molecular weight excluding hydrogens is 210 g/mol. The van der Waals surface area contributed by atoms with Gasteiger partial charge < -0.3 is 5.32 Å². The van der Waals surface area contributed by atoms with Crippen LogP contribution >= 0.6 is 0 Å². The zero-order chi connectivity index (χ0) is 11.4. The van der Waals surface area contributed by atoms with Crippen molar-refractivity contribution in [2.45, 2.75) is 6.54 Å². The summed E-state index contributed by atoms with van der Waals surface area (Å²) in [6, 6.07) is 7.67. The van der Waals surface area contributed by atoms with Crippen molar-refractivity contribution in [1.82, 2.24) is 4.98 Å². The molecule has 82 valence electrons. The number of hydrogen-bond acceptors (Lipinski definition) is 2. The standard InChI is InChI=1S/C12H10F2N2/c13-10-2-1-3-11(12(10)14)16-8-9-4-6-15-7-5-9/h1-7,16H,8H2. The van der Waals surface area contributed by atoms with Crippen molar-refractivity contribution < 1.29 is 8.78 Å². The van der Waals surface area contributed by atoms with Crippen molar-refractivity contribution in [3.05, 3.63) is 59.9 Å². The Hall–Kier alpha value is -1.97. The Morgan fingerprint density at radius 3 is 2.56 bits per heavy atom. The second-order valence-corrected chi connectivity index (χ2v) is 3.31. The number of rotatable bonds is 3. The summed E-state index contributed by atoms with van der Waals surface area (Å²) in [5, 5.41) is 2.83. The van der Waals surface area contributed by atoms with Crippen molar-refractivity contribution in [2.75, 3.05) is 5.32 Å². The highest BCUT2D eigenvalue weighted by atomic mass is 19.2. The summed E-state index contributed by atoms with van der Waals surface area (Å²) in [5.74, 6) is -1.70. The van der Waals surface area contributed by atoms with Crippen LogP contribution in [0.25, 0.3) is 0 Å². The van der Waals surface area contributed by atoms with Crippen LogP contribution < -0.4 is 5.32 Å². The van der Waals surface area contributed by atoms with Gasteiger partial charge in [0.25, 0.3) is 0 Å². The van der Waals surface area contributed by atoms with E-state index in [1.807, 2.05) is 12.1 Å². The van der Waals surface area contributed by atoms with Gasteiger partial charge in [0.2, 0.25) is 0 Å². The van der Waals surface area contributed by atoms with Crippen LogP contribution in [0.4, 0.5) is 14.5 Å². The molecule has 1 aromatic heterocycles. The second kappa shape index (κ2) is 4.70. The van der Waals surface area contributed by atoms with Crippen molar-refractivity contribution in [3.8, 4) is 0 Å². The molecule has 0 fully saturated rings. The van der Waals surface area contributed by atoms with Gasteiger partial charge in [-0.2, -0.15) is 0 Å². The lowest BCUT2D eigenvalue weighted by atomic mass is 10.2.